The van der Waals surface area contributed by atoms with Crippen molar-refractivity contribution in [3.05, 3.63) is 50.9 Å². The molecule has 0 amide bonds. The fourth-order valence-electron chi connectivity index (χ4n) is 1.17. The molecule has 1 aromatic rings. The zero-order valence-corrected chi connectivity index (χ0v) is 9.89. The molecule has 0 radical (unpaired) electrons. The summed E-state index contributed by atoms with van der Waals surface area (Å²) in [5.41, 5.74) is 9.30. The molecule has 0 aliphatic rings. The molecule has 0 aliphatic heterocycles. The smallest absolute Gasteiger partial charge is 0.333 e. The van der Waals surface area contributed by atoms with Gasteiger partial charge in [0.25, 0.3) is 0 Å². The van der Waals surface area contributed by atoms with E-state index in [9.17, 15) is 4.79 Å². The molecule has 5 nitrogen and oxygen atoms in total. The van der Waals surface area contributed by atoms with Crippen LogP contribution in [0.15, 0.2) is 35.0 Å². The van der Waals surface area contributed by atoms with Crippen LogP contribution in [0.2, 0.25) is 5.02 Å². The molecule has 0 spiro atoms. The third-order valence-electron chi connectivity index (χ3n) is 1.96. The lowest BCUT2D eigenvalue weighted by molar-refractivity contribution is -0.136. The van der Waals surface area contributed by atoms with Crippen molar-refractivity contribution >= 4 is 23.6 Å². The molecule has 1 aromatic carbocycles. The maximum absolute atomic E-state index is 11.4. The molecule has 1 rings (SSSR count). The van der Waals surface area contributed by atoms with E-state index < -0.39 is 5.97 Å². The van der Waals surface area contributed by atoms with Gasteiger partial charge in [-0.2, -0.15) is 0 Å². The van der Waals surface area contributed by atoms with Gasteiger partial charge < -0.3 is 4.74 Å². The van der Waals surface area contributed by atoms with E-state index in [4.69, 9.17) is 17.1 Å². The summed E-state index contributed by atoms with van der Waals surface area (Å²) >= 11 is 5.74. The number of halogens is 1. The van der Waals surface area contributed by atoms with Gasteiger partial charge in [-0.15, -0.1) is 0 Å². The molecule has 0 fully saturated rings. The maximum atomic E-state index is 11.4. The van der Waals surface area contributed by atoms with E-state index in [0.29, 0.717) is 5.02 Å². The summed E-state index contributed by atoms with van der Waals surface area (Å²) in [5, 5.41) is 3.95. The van der Waals surface area contributed by atoms with Crippen LogP contribution < -0.4 is 0 Å². The Morgan fingerprint density at radius 2 is 2.18 bits per heavy atom. The lowest BCUT2D eigenvalue weighted by Crippen LogP contribution is -2.07. The first kappa shape index (κ1) is 13.1. The van der Waals surface area contributed by atoms with Crippen molar-refractivity contribution < 1.29 is 9.53 Å². The highest BCUT2D eigenvalue weighted by molar-refractivity contribution is 6.30. The number of ether oxygens (including phenoxy) is 1. The number of nitrogens with zero attached hydrogens (tertiary/aromatic N) is 3. The van der Waals surface area contributed by atoms with Gasteiger partial charge in [-0.05, 0) is 29.3 Å². The Kier molecular flexibility index (Phi) is 5.07. The quantitative estimate of drug-likeness (QED) is 0.271. The standard InChI is InChI=1S/C11H10ClN3O2/c1-17-11(16)9(7-14-15-13)6-8-2-4-10(12)5-3-8/h2-6H,7H2,1H3/b9-6+. The minimum Gasteiger partial charge on any atom is -0.466 e. The Bertz CT molecular complexity index is 476. The highest BCUT2D eigenvalue weighted by atomic mass is 35.5. The van der Waals surface area contributed by atoms with Crippen LogP contribution in [0.3, 0.4) is 0 Å². The van der Waals surface area contributed by atoms with Crippen molar-refractivity contribution in [3.8, 4) is 0 Å². The molecule has 0 saturated carbocycles. The number of benzene rings is 1. The lowest BCUT2D eigenvalue weighted by atomic mass is 10.1. The average Bonchev–Trinajstić information content (AvgIpc) is 2.36. The third-order valence-corrected chi connectivity index (χ3v) is 2.21. The van der Waals surface area contributed by atoms with Gasteiger partial charge >= 0.3 is 5.97 Å². The third kappa shape index (κ3) is 4.18. The van der Waals surface area contributed by atoms with Crippen molar-refractivity contribution in [1.29, 1.82) is 0 Å². The molecule has 0 atom stereocenters. The SMILES string of the molecule is COC(=O)/C(=C/c1ccc(Cl)cc1)CN=[N+]=[N-]. The van der Waals surface area contributed by atoms with E-state index in [-0.39, 0.29) is 12.1 Å². The Hall–Kier alpha value is -1.97. The zero-order chi connectivity index (χ0) is 12.7. The number of hydrogen-bond acceptors (Lipinski definition) is 3. The first-order valence-electron chi connectivity index (χ1n) is 4.72. The van der Waals surface area contributed by atoms with Gasteiger partial charge in [-0.3, -0.25) is 0 Å². The molecule has 0 aromatic heterocycles. The van der Waals surface area contributed by atoms with Crippen molar-refractivity contribution in [2.24, 2.45) is 5.11 Å². The van der Waals surface area contributed by atoms with E-state index in [2.05, 4.69) is 14.8 Å². The number of carbonyl (C=O) groups excluding carboxylic acids is 1. The van der Waals surface area contributed by atoms with Crippen LogP contribution in [0, 0.1) is 0 Å². The summed E-state index contributed by atoms with van der Waals surface area (Å²) in [4.78, 5) is 14.0. The van der Waals surface area contributed by atoms with E-state index >= 15 is 0 Å². The molecule has 0 N–H and O–H groups in total. The largest absolute Gasteiger partial charge is 0.466 e. The minimum absolute atomic E-state index is 0.0498. The first-order valence-corrected chi connectivity index (χ1v) is 5.10. The number of carbonyl (C=O) groups is 1. The molecule has 0 saturated heterocycles. The van der Waals surface area contributed by atoms with Crippen molar-refractivity contribution in [2.45, 2.75) is 0 Å². The van der Waals surface area contributed by atoms with Crippen LogP contribution in [0.25, 0.3) is 16.5 Å². The monoisotopic (exact) mass is 251 g/mol. The molecular formula is C11H10ClN3O2. The summed E-state index contributed by atoms with van der Waals surface area (Å²) in [6.45, 7) is -0.0498. The first-order chi connectivity index (χ1) is 8.17. The van der Waals surface area contributed by atoms with E-state index in [1.807, 2.05) is 0 Å². The summed E-state index contributed by atoms with van der Waals surface area (Å²) in [6, 6.07) is 6.91. The van der Waals surface area contributed by atoms with Gasteiger partial charge in [0.1, 0.15) is 0 Å². The van der Waals surface area contributed by atoms with Crippen LogP contribution in [0.5, 0.6) is 0 Å². The minimum atomic E-state index is -0.521. The second kappa shape index (κ2) is 6.58. The second-order valence-corrected chi connectivity index (χ2v) is 3.54. The van der Waals surface area contributed by atoms with Crippen molar-refractivity contribution in [3.63, 3.8) is 0 Å². The normalized spacial score (nSPS) is 10.6. The fraction of sp³-hybridized carbons (Fsp3) is 0.182. The Balaban J connectivity index is 2.99. The molecule has 0 aliphatic carbocycles. The summed E-state index contributed by atoms with van der Waals surface area (Å²) in [6.07, 6.45) is 1.59. The second-order valence-electron chi connectivity index (χ2n) is 3.10. The number of methoxy groups -OCH3 is 1. The predicted octanol–water partition coefficient (Wildman–Crippen LogP) is 3.21. The van der Waals surface area contributed by atoms with Crippen molar-refractivity contribution in [1.82, 2.24) is 0 Å². The van der Waals surface area contributed by atoms with Gasteiger partial charge in [-0.25, -0.2) is 4.79 Å². The van der Waals surface area contributed by atoms with Crippen molar-refractivity contribution in [2.75, 3.05) is 13.7 Å². The fourth-order valence-corrected chi connectivity index (χ4v) is 1.29. The maximum Gasteiger partial charge on any atom is 0.333 e. The summed E-state index contributed by atoms with van der Waals surface area (Å²) in [5.74, 6) is -0.521. The number of azide groups is 1. The van der Waals surface area contributed by atoms with E-state index in [1.54, 1.807) is 30.3 Å². The molecule has 0 bridgehead atoms. The zero-order valence-electron chi connectivity index (χ0n) is 9.13. The van der Waals surface area contributed by atoms with E-state index in [0.717, 1.165) is 5.56 Å². The molecule has 6 heteroatoms. The lowest BCUT2D eigenvalue weighted by Gasteiger charge is -2.02. The Labute approximate surface area is 103 Å². The van der Waals surface area contributed by atoms with Crippen LogP contribution in [0.1, 0.15) is 5.56 Å². The van der Waals surface area contributed by atoms with Gasteiger partial charge in [0.05, 0.1) is 13.7 Å². The number of esters is 1. The summed E-state index contributed by atoms with van der Waals surface area (Å²) in [7, 11) is 1.27. The molecule has 88 valence electrons. The van der Waals surface area contributed by atoms with Crippen LogP contribution in [-0.2, 0) is 9.53 Å². The molecular weight excluding hydrogens is 242 g/mol. The molecule has 0 heterocycles. The van der Waals surface area contributed by atoms with Gasteiger partial charge in [-0.1, -0.05) is 28.8 Å². The van der Waals surface area contributed by atoms with Gasteiger partial charge in [0, 0.05) is 15.5 Å². The highest BCUT2D eigenvalue weighted by Gasteiger charge is 2.08. The topological polar surface area (TPSA) is 75.1 Å². The van der Waals surface area contributed by atoms with Crippen LogP contribution in [0.4, 0.5) is 0 Å². The molecule has 17 heavy (non-hydrogen) atoms. The average molecular weight is 252 g/mol. The predicted molar refractivity (Wildman–Crippen MR) is 65.5 cm³/mol. The number of hydrogen-bond donors (Lipinski definition) is 0. The van der Waals surface area contributed by atoms with Gasteiger partial charge in [0.15, 0.2) is 0 Å². The summed E-state index contributed by atoms with van der Waals surface area (Å²) < 4.78 is 4.59. The molecule has 0 unspecified atom stereocenters. The Morgan fingerprint density at radius 1 is 1.53 bits per heavy atom. The Morgan fingerprint density at radius 3 is 2.71 bits per heavy atom. The van der Waals surface area contributed by atoms with Crippen LogP contribution in [-0.4, -0.2) is 19.6 Å². The number of rotatable bonds is 4. The van der Waals surface area contributed by atoms with E-state index in [1.165, 1.54) is 7.11 Å². The highest BCUT2D eigenvalue weighted by Crippen LogP contribution is 2.13. The van der Waals surface area contributed by atoms with Gasteiger partial charge in [0.2, 0.25) is 0 Å². The van der Waals surface area contributed by atoms with Crippen LogP contribution >= 0.6 is 11.6 Å².